The number of piperidine rings is 1. The summed E-state index contributed by atoms with van der Waals surface area (Å²) in [4.78, 5) is 11.2. The predicted molar refractivity (Wildman–Crippen MR) is 71.2 cm³/mol. The first-order valence-electron chi connectivity index (χ1n) is 6.50. The lowest BCUT2D eigenvalue weighted by molar-refractivity contribution is 0.446. The van der Waals surface area contributed by atoms with E-state index >= 15 is 0 Å². The van der Waals surface area contributed by atoms with Crippen LogP contribution in [0.25, 0.3) is 0 Å². The van der Waals surface area contributed by atoms with Crippen molar-refractivity contribution in [3.05, 3.63) is 11.4 Å². The molecule has 1 aromatic rings. The van der Waals surface area contributed by atoms with Crippen LogP contribution in [-0.2, 0) is 0 Å². The molecule has 0 spiro atoms. The monoisotopic (exact) mass is 234 g/mol. The predicted octanol–water partition coefficient (Wildman–Crippen LogP) is 2.44. The molecule has 1 unspecified atom stereocenters. The number of aromatic nitrogens is 2. The van der Waals surface area contributed by atoms with Crippen LogP contribution in [0.3, 0.4) is 0 Å². The van der Waals surface area contributed by atoms with E-state index in [9.17, 15) is 0 Å². The molecule has 0 saturated carbocycles. The highest BCUT2D eigenvalue weighted by Crippen LogP contribution is 2.29. The van der Waals surface area contributed by atoms with Crippen LogP contribution < -0.4 is 10.6 Å². The van der Waals surface area contributed by atoms with Crippen LogP contribution >= 0.6 is 0 Å². The van der Waals surface area contributed by atoms with Gasteiger partial charge in [-0.1, -0.05) is 6.92 Å². The lowest BCUT2D eigenvalue weighted by Gasteiger charge is -2.37. The third-order valence-electron chi connectivity index (χ3n) is 3.64. The normalized spacial score (nSPS) is 20.6. The van der Waals surface area contributed by atoms with E-state index in [1.54, 1.807) is 0 Å². The molecule has 2 N–H and O–H groups in total. The molecule has 1 atom stereocenters. The summed E-state index contributed by atoms with van der Waals surface area (Å²) < 4.78 is 0. The van der Waals surface area contributed by atoms with Crippen LogP contribution in [0.15, 0.2) is 0 Å². The van der Waals surface area contributed by atoms with Gasteiger partial charge >= 0.3 is 0 Å². The molecular formula is C13H22N4. The van der Waals surface area contributed by atoms with Crippen molar-refractivity contribution in [2.24, 2.45) is 0 Å². The number of nitrogen functional groups attached to an aromatic ring is 1. The molecule has 0 aromatic carbocycles. The molecule has 1 aliphatic heterocycles. The van der Waals surface area contributed by atoms with Gasteiger partial charge in [0, 0.05) is 18.2 Å². The summed E-state index contributed by atoms with van der Waals surface area (Å²) in [5.74, 6) is 2.43. The van der Waals surface area contributed by atoms with Crippen LogP contribution in [0.2, 0.25) is 0 Å². The van der Waals surface area contributed by atoms with Crippen LogP contribution in [0, 0.1) is 13.8 Å². The number of nitrogens with two attached hydrogens (primary N) is 1. The summed E-state index contributed by atoms with van der Waals surface area (Å²) in [7, 11) is 0. The Kier molecular flexibility index (Phi) is 3.50. The third kappa shape index (κ3) is 2.35. The van der Waals surface area contributed by atoms with E-state index in [0.29, 0.717) is 11.9 Å². The zero-order valence-electron chi connectivity index (χ0n) is 11.0. The second kappa shape index (κ2) is 4.90. The molecule has 0 aliphatic carbocycles. The molecule has 0 amide bonds. The Morgan fingerprint density at radius 3 is 2.76 bits per heavy atom. The summed E-state index contributed by atoms with van der Waals surface area (Å²) in [5.41, 5.74) is 6.96. The van der Waals surface area contributed by atoms with E-state index in [1.807, 2.05) is 13.8 Å². The molecule has 1 aliphatic rings. The fourth-order valence-corrected chi connectivity index (χ4v) is 2.62. The molecule has 2 heterocycles. The Balaban J connectivity index is 2.37. The van der Waals surface area contributed by atoms with Crippen LogP contribution in [0.5, 0.6) is 0 Å². The Morgan fingerprint density at radius 2 is 2.06 bits per heavy atom. The maximum absolute atomic E-state index is 5.94. The van der Waals surface area contributed by atoms with E-state index in [0.717, 1.165) is 23.8 Å². The Labute approximate surface area is 103 Å². The van der Waals surface area contributed by atoms with Gasteiger partial charge in [-0.05, 0) is 39.5 Å². The van der Waals surface area contributed by atoms with Crippen LogP contribution in [0.1, 0.15) is 44.0 Å². The Bertz CT molecular complexity index is 403. The standard InChI is InChI=1S/C13H22N4/c1-4-11-7-5-6-8-17(11)13-9(2)12(14)15-10(3)16-13/h11H,4-8H2,1-3H3,(H2,14,15,16). The van der Waals surface area contributed by atoms with E-state index in [-0.39, 0.29) is 0 Å². The van der Waals surface area contributed by atoms with Crippen molar-refractivity contribution in [1.29, 1.82) is 0 Å². The quantitative estimate of drug-likeness (QED) is 0.854. The maximum Gasteiger partial charge on any atom is 0.137 e. The Hall–Kier alpha value is -1.32. The zero-order valence-corrected chi connectivity index (χ0v) is 11.0. The van der Waals surface area contributed by atoms with Crippen LogP contribution in [-0.4, -0.2) is 22.6 Å². The van der Waals surface area contributed by atoms with Crippen molar-refractivity contribution >= 4 is 11.6 Å². The molecule has 17 heavy (non-hydrogen) atoms. The minimum Gasteiger partial charge on any atom is -0.383 e. The largest absolute Gasteiger partial charge is 0.383 e. The number of aryl methyl sites for hydroxylation is 1. The molecule has 4 nitrogen and oxygen atoms in total. The number of hydrogen-bond acceptors (Lipinski definition) is 4. The number of rotatable bonds is 2. The summed E-state index contributed by atoms with van der Waals surface area (Å²) in [6, 6.07) is 0.608. The van der Waals surface area contributed by atoms with E-state index < -0.39 is 0 Å². The van der Waals surface area contributed by atoms with E-state index in [1.165, 1.54) is 25.7 Å². The highest BCUT2D eigenvalue weighted by atomic mass is 15.2. The summed E-state index contributed by atoms with van der Waals surface area (Å²) in [5, 5.41) is 0. The number of anilines is 2. The Morgan fingerprint density at radius 1 is 1.29 bits per heavy atom. The van der Waals surface area contributed by atoms with Gasteiger partial charge in [-0.25, -0.2) is 9.97 Å². The lowest BCUT2D eigenvalue weighted by atomic mass is 9.99. The van der Waals surface area contributed by atoms with Gasteiger partial charge in [0.15, 0.2) is 0 Å². The van der Waals surface area contributed by atoms with Gasteiger partial charge in [0.25, 0.3) is 0 Å². The fourth-order valence-electron chi connectivity index (χ4n) is 2.62. The third-order valence-corrected chi connectivity index (χ3v) is 3.64. The van der Waals surface area contributed by atoms with Gasteiger partial charge < -0.3 is 10.6 Å². The molecule has 1 saturated heterocycles. The van der Waals surface area contributed by atoms with Gasteiger partial charge in [-0.2, -0.15) is 0 Å². The summed E-state index contributed by atoms with van der Waals surface area (Å²) >= 11 is 0. The fraction of sp³-hybridized carbons (Fsp3) is 0.692. The highest BCUT2D eigenvalue weighted by Gasteiger charge is 2.24. The molecule has 1 aromatic heterocycles. The smallest absolute Gasteiger partial charge is 0.137 e. The number of hydrogen-bond donors (Lipinski definition) is 1. The van der Waals surface area contributed by atoms with E-state index in [2.05, 4.69) is 21.8 Å². The molecule has 0 bridgehead atoms. The van der Waals surface area contributed by atoms with Crippen molar-refractivity contribution in [3.63, 3.8) is 0 Å². The first kappa shape index (κ1) is 12.1. The second-order valence-electron chi connectivity index (χ2n) is 4.86. The first-order valence-corrected chi connectivity index (χ1v) is 6.50. The van der Waals surface area contributed by atoms with Gasteiger partial charge in [-0.15, -0.1) is 0 Å². The van der Waals surface area contributed by atoms with Crippen molar-refractivity contribution < 1.29 is 0 Å². The van der Waals surface area contributed by atoms with Gasteiger partial charge in [-0.3, -0.25) is 0 Å². The SMILES string of the molecule is CCC1CCCCN1c1nc(C)nc(N)c1C. The average molecular weight is 234 g/mol. The van der Waals surface area contributed by atoms with Crippen molar-refractivity contribution in [2.45, 2.75) is 52.5 Å². The maximum atomic E-state index is 5.94. The van der Waals surface area contributed by atoms with E-state index in [4.69, 9.17) is 5.73 Å². The molecule has 4 heteroatoms. The van der Waals surface area contributed by atoms with Crippen molar-refractivity contribution in [1.82, 2.24) is 9.97 Å². The minimum atomic E-state index is 0.608. The molecule has 1 fully saturated rings. The molecule has 94 valence electrons. The lowest BCUT2D eigenvalue weighted by Crippen LogP contribution is -2.40. The minimum absolute atomic E-state index is 0.608. The highest BCUT2D eigenvalue weighted by molar-refractivity contribution is 5.57. The second-order valence-corrected chi connectivity index (χ2v) is 4.86. The average Bonchev–Trinajstić information content (AvgIpc) is 2.33. The number of nitrogens with zero attached hydrogens (tertiary/aromatic N) is 3. The van der Waals surface area contributed by atoms with Crippen LogP contribution in [0.4, 0.5) is 11.6 Å². The molecular weight excluding hydrogens is 212 g/mol. The van der Waals surface area contributed by atoms with Gasteiger partial charge in [0.1, 0.15) is 17.5 Å². The summed E-state index contributed by atoms with van der Waals surface area (Å²) in [6.07, 6.45) is 5.01. The summed E-state index contributed by atoms with van der Waals surface area (Å²) in [6.45, 7) is 7.26. The van der Waals surface area contributed by atoms with Crippen molar-refractivity contribution in [2.75, 3.05) is 17.2 Å². The van der Waals surface area contributed by atoms with Gasteiger partial charge in [0.2, 0.25) is 0 Å². The first-order chi connectivity index (χ1) is 8.13. The van der Waals surface area contributed by atoms with Gasteiger partial charge in [0.05, 0.1) is 0 Å². The topological polar surface area (TPSA) is 55.0 Å². The zero-order chi connectivity index (χ0) is 12.4. The molecule has 2 rings (SSSR count). The van der Waals surface area contributed by atoms with Crippen molar-refractivity contribution in [3.8, 4) is 0 Å². The molecule has 0 radical (unpaired) electrons.